The molecule has 0 unspecified atom stereocenters. The Hall–Kier alpha value is -2.16. The van der Waals surface area contributed by atoms with Crippen molar-refractivity contribution < 1.29 is 19.2 Å². The number of rotatable bonds is 4. The van der Waals surface area contributed by atoms with E-state index in [2.05, 4.69) is 17.3 Å². The summed E-state index contributed by atoms with van der Waals surface area (Å²) in [5.41, 5.74) is -0.223. The lowest BCUT2D eigenvalue weighted by molar-refractivity contribution is -0.140. The molecule has 9 nitrogen and oxygen atoms in total. The average molecular weight is 391 g/mol. The fourth-order valence-corrected chi connectivity index (χ4v) is 4.56. The highest BCUT2D eigenvalue weighted by Gasteiger charge is 2.44. The van der Waals surface area contributed by atoms with Gasteiger partial charge in [-0.05, 0) is 38.6 Å². The number of nitrogens with one attached hydrogen (secondary N) is 1. The molecule has 3 heterocycles. The van der Waals surface area contributed by atoms with Gasteiger partial charge in [-0.1, -0.05) is 0 Å². The first kappa shape index (κ1) is 19.2. The lowest BCUT2D eigenvalue weighted by Gasteiger charge is -2.49. The maximum absolute atomic E-state index is 12.8. The SMILES string of the molecule is CN1CCN(C(=O)CN2C(=O)CNC2=O)C[C@]12CCC(=O)N(CC1CC1)CC2. The minimum Gasteiger partial charge on any atom is -0.342 e. The Morgan fingerprint density at radius 2 is 1.89 bits per heavy atom. The van der Waals surface area contributed by atoms with Crippen LogP contribution in [0.5, 0.6) is 0 Å². The first-order chi connectivity index (χ1) is 13.4. The molecule has 1 saturated carbocycles. The van der Waals surface area contributed by atoms with Gasteiger partial charge in [-0.15, -0.1) is 0 Å². The molecule has 1 spiro atoms. The summed E-state index contributed by atoms with van der Waals surface area (Å²) in [6.45, 7) is 3.18. The van der Waals surface area contributed by atoms with Gasteiger partial charge in [-0.25, -0.2) is 4.79 Å². The van der Waals surface area contributed by atoms with E-state index < -0.39 is 6.03 Å². The Balaban J connectivity index is 1.42. The van der Waals surface area contributed by atoms with Crippen molar-refractivity contribution in [3.8, 4) is 0 Å². The van der Waals surface area contributed by atoms with E-state index in [1.807, 2.05) is 4.90 Å². The van der Waals surface area contributed by atoms with Crippen molar-refractivity contribution in [3.63, 3.8) is 0 Å². The molecular formula is C19H29N5O4. The molecule has 0 aromatic heterocycles. The van der Waals surface area contributed by atoms with Gasteiger partial charge in [0.2, 0.25) is 11.8 Å². The molecule has 0 aromatic carbocycles. The maximum atomic E-state index is 12.8. The monoisotopic (exact) mass is 391 g/mol. The molecule has 0 radical (unpaired) electrons. The van der Waals surface area contributed by atoms with Crippen LogP contribution in [0.15, 0.2) is 0 Å². The van der Waals surface area contributed by atoms with E-state index in [4.69, 9.17) is 0 Å². The Labute approximate surface area is 165 Å². The van der Waals surface area contributed by atoms with Crippen molar-refractivity contribution in [2.24, 2.45) is 5.92 Å². The Kier molecular flexibility index (Phi) is 5.03. The number of carbonyl (C=O) groups is 4. The largest absolute Gasteiger partial charge is 0.342 e. The van der Waals surface area contributed by atoms with Crippen LogP contribution in [0.1, 0.15) is 32.1 Å². The minimum absolute atomic E-state index is 0.0439. The molecule has 0 bridgehead atoms. The Bertz CT molecular complexity index is 678. The summed E-state index contributed by atoms with van der Waals surface area (Å²) in [5, 5.41) is 2.45. The summed E-state index contributed by atoms with van der Waals surface area (Å²) in [6.07, 6.45) is 4.52. The molecule has 1 aliphatic carbocycles. The van der Waals surface area contributed by atoms with E-state index in [0.29, 0.717) is 25.4 Å². The van der Waals surface area contributed by atoms with Crippen LogP contribution in [0.25, 0.3) is 0 Å². The normalized spacial score (nSPS) is 29.5. The van der Waals surface area contributed by atoms with Crippen LogP contribution < -0.4 is 5.32 Å². The van der Waals surface area contributed by atoms with E-state index in [-0.39, 0.29) is 36.3 Å². The standard InChI is InChI=1S/C19H29N5O4/c1-21-8-9-23(17(27)12-24-16(26)10-20-18(24)28)13-19(21)5-4-15(25)22(7-6-19)11-14-2-3-14/h14H,2-13H2,1H3,(H,20,28)/t19-/m1/s1. The number of urea groups is 1. The smallest absolute Gasteiger partial charge is 0.325 e. The van der Waals surface area contributed by atoms with Crippen molar-refractivity contribution >= 4 is 23.8 Å². The van der Waals surface area contributed by atoms with Crippen LogP contribution in [0.2, 0.25) is 0 Å². The molecule has 1 atom stereocenters. The molecule has 4 aliphatic rings. The molecule has 3 saturated heterocycles. The Morgan fingerprint density at radius 3 is 2.57 bits per heavy atom. The third kappa shape index (κ3) is 3.72. The zero-order valence-corrected chi connectivity index (χ0v) is 16.5. The molecule has 0 aromatic rings. The first-order valence-electron chi connectivity index (χ1n) is 10.2. The van der Waals surface area contributed by atoms with Crippen LogP contribution in [-0.2, 0) is 14.4 Å². The van der Waals surface area contributed by atoms with Gasteiger partial charge in [0, 0.05) is 44.7 Å². The number of carbonyl (C=O) groups excluding carboxylic acids is 4. The van der Waals surface area contributed by atoms with Gasteiger partial charge < -0.3 is 15.1 Å². The molecule has 1 N–H and O–H groups in total. The lowest BCUT2D eigenvalue weighted by Crippen LogP contribution is -2.63. The maximum Gasteiger partial charge on any atom is 0.325 e. The zero-order chi connectivity index (χ0) is 19.9. The predicted molar refractivity (Wildman–Crippen MR) is 100 cm³/mol. The van der Waals surface area contributed by atoms with Gasteiger partial charge in [-0.2, -0.15) is 0 Å². The van der Waals surface area contributed by atoms with Crippen LogP contribution in [0.4, 0.5) is 4.79 Å². The van der Waals surface area contributed by atoms with Crippen molar-refractivity contribution in [3.05, 3.63) is 0 Å². The molecule has 28 heavy (non-hydrogen) atoms. The number of piperazine rings is 1. The molecule has 4 fully saturated rings. The Morgan fingerprint density at radius 1 is 1.11 bits per heavy atom. The zero-order valence-electron chi connectivity index (χ0n) is 16.5. The summed E-state index contributed by atoms with van der Waals surface area (Å²) < 4.78 is 0. The highest BCUT2D eigenvalue weighted by molar-refractivity contribution is 6.04. The van der Waals surface area contributed by atoms with Crippen molar-refractivity contribution in [1.82, 2.24) is 24.9 Å². The number of hydrogen-bond donors (Lipinski definition) is 1. The highest BCUT2D eigenvalue weighted by atomic mass is 16.2. The van der Waals surface area contributed by atoms with Gasteiger partial charge in [0.25, 0.3) is 5.91 Å². The third-order valence-corrected chi connectivity index (χ3v) is 6.76. The van der Waals surface area contributed by atoms with E-state index >= 15 is 0 Å². The van der Waals surface area contributed by atoms with Crippen molar-refractivity contribution in [2.75, 3.05) is 52.9 Å². The number of amides is 5. The van der Waals surface area contributed by atoms with Gasteiger partial charge in [0.15, 0.2) is 0 Å². The van der Waals surface area contributed by atoms with Crippen LogP contribution >= 0.6 is 0 Å². The van der Waals surface area contributed by atoms with Crippen LogP contribution in [0.3, 0.4) is 0 Å². The second-order valence-corrected chi connectivity index (χ2v) is 8.63. The number of nitrogens with zero attached hydrogens (tertiary/aromatic N) is 4. The molecule has 9 heteroatoms. The minimum atomic E-state index is -0.502. The van der Waals surface area contributed by atoms with Crippen molar-refractivity contribution in [1.29, 1.82) is 0 Å². The van der Waals surface area contributed by atoms with Gasteiger partial charge >= 0.3 is 6.03 Å². The summed E-state index contributed by atoms with van der Waals surface area (Å²) >= 11 is 0. The van der Waals surface area contributed by atoms with Crippen LogP contribution in [0, 0.1) is 5.92 Å². The molecule has 4 rings (SSSR count). The van der Waals surface area contributed by atoms with E-state index in [9.17, 15) is 19.2 Å². The van der Waals surface area contributed by atoms with Gasteiger partial charge in [0.1, 0.15) is 6.54 Å². The van der Waals surface area contributed by atoms with Crippen LogP contribution in [-0.4, -0.2) is 102 Å². The fourth-order valence-electron chi connectivity index (χ4n) is 4.56. The third-order valence-electron chi connectivity index (χ3n) is 6.76. The molecular weight excluding hydrogens is 362 g/mol. The topological polar surface area (TPSA) is 93.3 Å². The summed E-state index contributed by atoms with van der Waals surface area (Å²) in [6, 6.07) is -0.502. The molecule has 3 aliphatic heterocycles. The number of likely N-dealkylation sites (N-methyl/N-ethyl adjacent to an activating group) is 1. The average Bonchev–Trinajstić information content (AvgIpc) is 3.46. The van der Waals surface area contributed by atoms with E-state index in [0.717, 1.165) is 37.4 Å². The van der Waals surface area contributed by atoms with E-state index in [1.165, 1.54) is 12.8 Å². The summed E-state index contributed by atoms with van der Waals surface area (Å²) in [5.74, 6) is 0.325. The quantitative estimate of drug-likeness (QED) is 0.651. The molecule has 5 amide bonds. The van der Waals surface area contributed by atoms with Gasteiger partial charge in [-0.3, -0.25) is 24.2 Å². The lowest BCUT2D eigenvalue weighted by atomic mass is 9.86. The molecule has 154 valence electrons. The first-order valence-corrected chi connectivity index (χ1v) is 10.2. The fraction of sp³-hybridized carbons (Fsp3) is 0.789. The number of hydrogen-bond acceptors (Lipinski definition) is 5. The second-order valence-electron chi connectivity index (χ2n) is 8.63. The number of likely N-dealkylation sites (tertiary alicyclic amines) is 1. The number of imide groups is 1. The predicted octanol–water partition coefficient (Wildman–Crippen LogP) is -0.526. The highest BCUT2D eigenvalue weighted by Crippen LogP contribution is 2.35. The van der Waals surface area contributed by atoms with E-state index in [1.54, 1.807) is 4.90 Å². The second kappa shape index (κ2) is 7.35. The van der Waals surface area contributed by atoms with Crippen molar-refractivity contribution in [2.45, 2.75) is 37.6 Å². The summed E-state index contributed by atoms with van der Waals surface area (Å²) in [7, 11) is 2.07. The summed E-state index contributed by atoms with van der Waals surface area (Å²) in [4.78, 5) is 55.9. The van der Waals surface area contributed by atoms with Gasteiger partial charge in [0.05, 0.1) is 6.54 Å².